The second-order valence-electron chi connectivity index (χ2n) is 7.59. The van der Waals surface area contributed by atoms with Crippen molar-refractivity contribution in [3.05, 3.63) is 100 Å². The van der Waals surface area contributed by atoms with Gasteiger partial charge >= 0.3 is 5.97 Å². The highest BCUT2D eigenvalue weighted by Crippen LogP contribution is 2.35. The summed E-state index contributed by atoms with van der Waals surface area (Å²) in [5.41, 5.74) is 2.64. The van der Waals surface area contributed by atoms with Crippen molar-refractivity contribution in [1.82, 2.24) is 4.90 Å². The van der Waals surface area contributed by atoms with E-state index in [9.17, 15) is 14.0 Å². The maximum Gasteiger partial charge on any atom is 0.338 e. The topological polar surface area (TPSA) is 68.2 Å². The Labute approximate surface area is 207 Å². The highest BCUT2D eigenvalue weighted by Gasteiger charge is 2.30. The van der Waals surface area contributed by atoms with Crippen LogP contribution in [0.3, 0.4) is 0 Å². The van der Waals surface area contributed by atoms with E-state index in [0.29, 0.717) is 33.7 Å². The molecule has 4 rings (SSSR count). The molecule has 1 amide bonds. The number of ether oxygens (including phenoxy) is 2. The molecule has 0 saturated carbocycles. The van der Waals surface area contributed by atoms with Crippen molar-refractivity contribution < 1.29 is 23.5 Å². The summed E-state index contributed by atoms with van der Waals surface area (Å²) < 4.78 is 24.1. The number of amidine groups is 1. The normalized spacial score (nSPS) is 15.6. The Morgan fingerprint density at radius 2 is 1.77 bits per heavy atom. The minimum atomic E-state index is -0.389. The highest BCUT2D eigenvalue weighted by atomic mass is 32.2. The molecular formula is C27H23FN2O4S. The third-order valence-corrected chi connectivity index (χ3v) is 6.18. The molecule has 1 fully saturated rings. The van der Waals surface area contributed by atoms with E-state index in [4.69, 9.17) is 9.47 Å². The van der Waals surface area contributed by atoms with Gasteiger partial charge in [-0.25, -0.2) is 14.2 Å². The van der Waals surface area contributed by atoms with E-state index in [-0.39, 0.29) is 24.3 Å². The van der Waals surface area contributed by atoms with Crippen molar-refractivity contribution in [2.75, 3.05) is 13.7 Å². The van der Waals surface area contributed by atoms with Crippen LogP contribution in [-0.2, 0) is 16.1 Å². The summed E-state index contributed by atoms with van der Waals surface area (Å²) in [4.78, 5) is 31.3. The summed E-state index contributed by atoms with van der Waals surface area (Å²) in [6.45, 7) is 2.33. The number of thioether (sulfide) groups is 1. The van der Waals surface area contributed by atoms with Crippen LogP contribution in [0.4, 0.5) is 10.1 Å². The first-order chi connectivity index (χ1) is 16.9. The van der Waals surface area contributed by atoms with Gasteiger partial charge in [-0.1, -0.05) is 30.3 Å². The Bertz CT molecular complexity index is 1290. The molecule has 6 nitrogen and oxygen atoms in total. The van der Waals surface area contributed by atoms with Crippen molar-refractivity contribution in [3.8, 4) is 5.75 Å². The van der Waals surface area contributed by atoms with Crippen LogP contribution in [-0.4, -0.2) is 35.6 Å². The zero-order valence-electron chi connectivity index (χ0n) is 19.2. The number of rotatable bonds is 7. The van der Waals surface area contributed by atoms with Crippen LogP contribution in [0.15, 0.2) is 82.7 Å². The number of hydrogen-bond acceptors (Lipinski definition) is 6. The summed E-state index contributed by atoms with van der Waals surface area (Å²) in [5.74, 6) is -0.252. The molecule has 1 heterocycles. The summed E-state index contributed by atoms with van der Waals surface area (Å²) in [6.07, 6.45) is 1.77. The van der Waals surface area contributed by atoms with Crippen molar-refractivity contribution in [2.45, 2.75) is 13.5 Å². The molecule has 1 aliphatic heterocycles. The minimum Gasteiger partial charge on any atom is -0.488 e. The first kappa shape index (κ1) is 24.2. The number of benzene rings is 3. The molecule has 1 saturated heterocycles. The van der Waals surface area contributed by atoms with Gasteiger partial charge in [0.05, 0.1) is 22.8 Å². The number of nitrogens with zero attached hydrogens (tertiary/aromatic N) is 2. The fourth-order valence-electron chi connectivity index (χ4n) is 3.26. The van der Waals surface area contributed by atoms with Gasteiger partial charge in [0.2, 0.25) is 0 Å². The van der Waals surface area contributed by atoms with E-state index in [1.54, 1.807) is 56.4 Å². The quantitative estimate of drug-likeness (QED) is 0.309. The Balaban J connectivity index is 1.51. The number of hydrogen-bond donors (Lipinski definition) is 0. The maximum absolute atomic E-state index is 13.1. The van der Waals surface area contributed by atoms with Crippen molar-refractivity contribution >= 4 is 40.6 Å². The lowest BCUT2D eigenvalue weighted by atomic mass is 10.1. The van der Waals surface area contributed by atoms with Crippen LogP contribution < -0.4 is 4.74 Å². The average Bonchev–Trinajstić information content (AvgIpc) is 3.12. The van der Waals surface area contributed by atoms with Gasteiger partial charge in [-0.15, -0.1) is 0 Å². The molecule has 3 aromatic carbocycles. The number of amides is 1. The zero-order valence-corrected chi connectivity index (χ0v) is 20.0. The van der Waals surface area contributed by atoms with Gasteiger partial charge in [0, 0.05) is 12.6 Å². The lowest BCUT2D eigenvalue weighted by Crippen LogP contribution is -2.23. The van der Waals surface area contributed by atoms with Crippen LogP contribution in [0.25, 0.3) is 6.08 Å². The van der Waals surface area contributed by atoms with Crippen LogP contribution >= 0.6 is 11.8 Å². The van der Waals surface area contributed by atoms with Crippen molar-refractivity contribution in [2.24, 2.45) is 4.99 Å². The van der Waals surface area contributed by atoms with Gasteiger partial charge in [-0.2, -0.15) is 0 Å². The number of para-hydroxylation sites is 1. The molecular weight excluding hydrogens is 467 g/mol. The number of aliphatic imine (C=N–C) groups is 1. The van der Waals surface area contributed by atoms with E-state index < -0.39 is 0 Å². The van der Waals surface area contributed by atoms with Crippen LogP contribution in [0.5, 0.6) is 5.75 Å². The van der Waals surface area contributed by atoms with E-state index in [0.717, 1.165) is 11.1 Å². The lowest BCUT2D eigenvalue weighted by molar-refractivity contribution is -0.121. The van der Waals surface area contributed by atoms with Crippen LogP contribution in [0, 0.1) is 5.82 Å². The molecule has 0 atom stereocenters. The third kappa shape index (κ3) is 5.96. The second kappa shape index (κ2) is 11.0. The molecule has 0 N–H and O–H groups in total. The summed E-state index contributed by atoms with van der Waals surface area (Å²) in [6, 6.07) is 20.2. The first-order valence-corrected chi connectivity index (χ1v) is 11.8. The predicted octanol–water partition coefficient (Wildman–Crippen LogP) is 5.82. The van der Waals surface area contributed by atoms with Gasteiger partial charge < -0.3 is 9.47 Å². The van der Waals surface area contributed by atoms with Crippen LogP contribution in [0.1, 0.15) is 28.4 Å². The zero-order chi connectivity index (χ0) is 24.8. The van der Waals surface area contributed by atoms with Crippen molar-refractivity contribution in [3.63, 3.8) is 0 Å². The Hall–Kier alpha value is -3.91. The van der Waals surface area contributed by atoms with Gasteiger partial charge in [0.1, 0.15) is 18.2 Å². The van der Waals surface area contributed by atoms with Gasteiger partial charge in [-0.05, 0) is 72.8 Å². The molecule has 3 aromatic rings. The van der Waals surface area contributed by atoms with E-state index in [1.165, 1.54) is 28.8 Å². The number of carbonyl (C=O) groups excluding carboxylic acids is 2. The molecule has 0 bridgehead atoms. The molecule has 1 aliphatic rings. The predicted molar refractivity (Wildman–Crippen MR) is 135 cm³/mol. The first-order valence-electron chi connectivity index (χ1n) is 10.9. The molecule has 0 unspecified atom stereocenters. The van der Waals surface area contributed by atoms with Crippen LogP contribution in [0.2, 0.25) is 0 Å². The van der Waals surface area contributed by atoms with Gasteiger partial charge in [0.15, 0.2) is 5.17 Å². The number of halogens is 1. The standard InChI is InChI=1S/C27H23FN2O4S/c1-3-33-26(32)19-10-14-22(15-11-19)29-27-30(2)25(31)24(35-27)16-20-6-4-5-7-23(20)34-17-18-8-12-21(28)13-9-18/h4-16H,3,17H2,1-2H3/b24-16-,29-27?. The van der Waals surface area contributed by atoms with Crippen molar-refractivity contribution in [1.29, 1.82) is 0 Å². The van der Waals surface area contributed by atoms with E-state index in [2.05, 4.69) is 4.99 Å². The number of carbonyl (C=O) groups is 2. The average molecular weight is 491 g/mol. The summed E-state index contributed by atoms with van der Waals surface area (Å²) in [7, 11) is 1.67. The van der Waals surface area contributed by atoms with E-state index in [1.807, 2.05) is 24.3 Å². The summed E-state index contributed by atoms with van der Waals surface area (Å²) in [5, 5.41) is 0.523. The Kier molecular flexibility index (Phi) is 7.62. The molecule has 8 heteroatoms. The monoisotopic (exact) mass is 490 g/mol. The second-order valence-corrected chi connectivity index (χ2v) is 8.60. The number of likely N-dealkylation sites (N-methyl/N-ethyl adjacent to an activating group) is 1. The van der Waals surface area contributed by atoms with Gasteiger partial charge in [-0.3, -0.25) is 9.69 Å². The lowest BCUT2D eigenvalue weighted by Gasteiger charge is -2.10. The van der Waals surface area contributed by atoms with Gasteiger partial charge in [0.25, 0.3) is 5.91 Å². The fourth-order valence-corrected chi connectivity index (χ4v) is 4.24. The molecule has 178 valence electrons. The minimum absolute atomic E-state index is 0.176. The Morgan fingerprint density at radius 1 is 1.06 bits per heavy atom. The smallest absolute Gasteiger partial charge is 0.338 e. The Morgan fingerprint density at radius 3 is 2.49 bits per heavy atom. The molecule has 35 heavy (non-hydrogen) atoms. The molecule has 0 spiro atoms. The van der Waals surface area contributed by atoms with E-state index >= 15 is 0 Å². The highest BCUT2D eigenvalue weighted by molar-refractivity contribution is 8.18. The largest absolute Gasteiger partial charge is 0.488 e. The SMILES string of the molecule is CCOC(=O)c1ccc(N=C2S/C(=C\c3ccccc3OCc3ccc(F)cc3)C(=O)N2C)cc1. The summed E-state index contributed by atoms with van der Waals surface area (Å²) >= 11 is 1.26. The number of esters is 1. The molecule has 0 aromatic heterocycles. The molecule has 0 radical (unpaired) electrons. The maximum atomic E-state index is 13.1. The fraction of sp³-hybridized carbons (Fsp3) is 0.148. The third-order valence-electron chi connectivity index (χ3n) is 5.12. The molecule has 0 aliphatic carbocycles.